The van der Waals surface area contributed by atoms with E-state index in [1.807, 2.05) is 18.2 Å². The first-order valence-corrected chi connectivity index (χ1v) is 5.33. The molecule has 1 aliphatic rings. The Morgan fingerprint density at radius 3 is 2.80 bits per heavy atom. The van der Waals surface area contributed by atoms with Crippen molar-refractivity contribution in [3.63, 3.8) is 0 Å². The van der Waals surface area contributed by atoms with Crippen LogP contribution in [0.2, 0.25) is 0 Å². The molecule has 1 atom stereocenters. The zero-order valence-corrected chi connectivity index (χ0v) is 9.03. The summed E-state index contributed by atoms with van der Waals surface area (Å²) in [5, 5.41) is 0. The molecule has 0 aliphatic carbocycles. The molecule has 2 rings (SSSR count). The lowest BCUT2D eigenvalue weighted by Crippen LogP contribution is -2.40. The summed E-state index contributed by atoms with van der Waals surface area (Å²) < 4.78 is 11.1. The molecular formula is C13H16O2. The van der Waals surface area contributed by atoms with Gasteiger partial charge < -0.3 is 9.47 Å². The van der Waals surface area contributed by atoms with Crippen LogP contribution < -0.4 is 4.74 Å². The summed E-state index contributed by atoms with van der Waals surface area (Å²) in [5.74, 6) is 0.856. The fourth-order valence-electron chi connectivity index (χ4n) is 2.07. The molecule has 0 bridgehead atoms. The van der Waals surface area contributed by atoms with Crippen LogP contribution in [-0.4, -0.2) is 6.61 Å². The zero-order chi connectivity index (χ0) is 10.7. The van der Waals surface area contributed by atoms with Crippen molar-refractivity contribution in [2.75, 3.05) is 6.61 Å². The maximum atomic E-state index is 5.73. The highest BCUT2D eigenvalue weighted by Crippen LogP contribution is 2.44. The molecule has 1 aromatic carbocycles. The molecule has 2 nitrogen and oxygen atoms in total. The van der Waals surface area contributed by atoms with Gasteiger partial charge in [-0.2, -0.15) is 0 Å². The molecule has 1 unspecified atom stereocenters. The van der Waals surface area contributed by atoms with E-state index in [0.29, 0.717) is 0 Å². The van der Waals surface area contributed by atoms with Gasteiger partial charge in [0.25, 0.3) is 0 Å². The van der Waals surface area contributed by atoms with Crippen LogP contribution in [0.3, 0.4) is 0 Å². The standard InChI is InChI=1S/C13H16O2/c1-3-13(9-10-15-13)11-7-5-6-8-12(11)14-4-2/h4-8H,2-3,9-10H2,1H3. The molecule has 2 heteroatoms. The molecule has 1 aliphatic heterocycles. The van der Waals surface area contributed by atoms with Crippen LogP contribution >= 0.6 is 0 Å². The van der Waals surface area contributed by atoms with Gasteiger partial charge in [-0.1, -0.05) is 31.7 Å². The van der Waals surface area contributed by atoms with Crippen molar-refractivity contribution >= 4 is 0 Å². The summed E-state index contributed by atoms with van der Waals surface area (Å²) in [6.45, 7) is 6.57. The number of benzene rings is 1. The highest BCUT2D eigenvalue weighted by Gasteiger charge is 2.40. The van der Waals surface area contributed by atoms with Gasteiger partial charge in [-0.3, -0.25) is 0 Å². The molecule has 0 saturated carbocycles. The van der Waals surface area contributed by atoms with Crippen LogP contribution in [0.1, 0.15) is 25.3 Å². The van der Waals surface area contributed by atoms with Gasteiger partial charge in [0.2, 0.25) is 0 Å². The minimum atomic E-state index is -0.125. The predicted octanol–water partition coefficient (Wildman–Crippen LogP) is 3.23. The molecule has 0 amide bonds. The third-order valence-electron chi connectivity index (χ3n) is 3.04. The first-order valence-electron chi connectivity index (χ1n) is 5.33. The van der Waals surface area contributed by atoms with Crippen molar-refractivity contribution in [2.45, 2.75) is 25.4 Å². The van der Waals surface area contributed by atoms with Gasteiger partial charge in [-0.15, -0.1) is 0 Å². The maximum Gasteiger partial charge on any atom is 0.132 e. The zero-order valence-electron chi connectivity index (χ0n) is 9.03. The molecular weight excluding hydrogens is 188 g/mol. The third kappa shape index (κ3) is 1.65. The lowest BCUT2D eigenvalue weighted by atomic mass is 9.83. The Kier molecular flexibility index (Phi) is 2.78. The molecule has 1 aromatic rings. The van der Waals surface area contributed by atoms with Gasteiger partial charge in [-0.05, 0) is 12.5 Å². The number of rotatable bonds is 4. The first-order chi connectivity index (χ1) is 7.32. The summed E-state index contributed by atoms with van der Waals surface area (Å²) in [6.07, 6.45) is 3.51. The van der Waals surface area contributed by atoms with E-state index in [2.05, 4.69) is 19.6 Å². The van der Waals surface area contributed by atoms with Crippen molar-refractivity contribution in [3.05, 3.63) is 42.7 Å². The second kappa shape index (κ2) is 4.07. The SMILES string of the molecule is C=COc1ccccc1C1(CC)CCO1. The minimum Gasteiger partial charge on any atom is -0.465 e. The van der Waals surface area contributed by atoms with E-state index >= 15 is 0 Å². The maximum absolute atomic E-state index is 5.73. The van der Waals surface area contributed by atoms with Crippen molar-refractivity contribution in [3.8, 4) is 5.75 Å². The van der Waals surface area contributed by atoms with E-state index in [4.69, 9.17) is 9.47 Å². The topological polar surface area (TPSA) is 18.5 Å². The predicted molar refractivity (Wildman–Crippen MR) is 59.8 cm³/mol. The second-order valence-electron chi connectivity index (χ2n) is 3.73. The van der Waals surface area contributed by atoms with Crippen molar-refractivity contribution in [1.82, 2.24) is 0 Å². The van der Waals surface area contributed by atoms with Crippen LogP contribution in [0.4, 0.5) is 0 Å². The van der Waals surface area contributed by atoms with Crippen LogP contribution in [0.5, 0.6) is 5.75 Å². The summed E-state index contributed by atoms with van der Waals surface area (Å²) in [4.78, 5) is 0. The summed E-state index contributed by atoms with van der Waals surface area (Å²) in [5.41, 5.74) is 1.01. The van der Waals surface area contributed by atoms with Crippen LogP contribution in [0, 0.1) is 0 Å². The van der Waals surface area contributed by atoms with E-state index in [1.165, 1.54) is 6.26 Å². The summed E-state index contributed by atoms with van der Waals surface area (Å²) >= 11 is 0. The second-order valence-corrected chi connectivity index (χ2v) is 3.73. The average molecular weight is 204 g/mol. The molecule has 0 aromatic heterocycles. The summed E-state index contributed by atoms with van der Waals surface area (Å²) in [7, 11) is 0. The Bertz CT molecular complexity index is 348. The lowest BCUT2D eigenvalue weighted by molar-refractivity contribution is -0.156. The fraction of sp³-hybridized carbons (Fsp3) is 0.385. The summed E-state index contributed by atoms with van der Waals surface area (Å²) in [6, 6.07) is 8.01. The molecule has 15 heavy (non-hydrogen) atoms. The van der Waals surface area contributed by atoms with Gasteiger partial charge in [0.15, 0.2) is 0 Å². The smallest absolute Gasteiger partial charge is 0.132 e. The van der Waals surface area contributed by atoms with Crippen molar-refractivity contribution < 1.29 is 9.47 Å². The van der Waals surface area contributed by atoms with Gasteiger partial charge in [0.1, 0.15) is 5.75 Å². The van der Waals surface area contributed by atoms with E-state index in [0.717, 1.165) is 30.8 Å². The Morgan fingerprint density at radius 2 is 2.27 bits per heavy atom. The molecule has 0 spiro atoms. The van der Waals surface area contributed by atoms with Crippen molar-refractivity contribution in [1.29, 1.82) is 0 Å². The first kappa shape index (κ1) is 10.2. The highest BCUT2D eigenvalue weighted by molar-refractivity contribution is 5.39. The Balaban J connectivity index is 2.37. The Morgan fingerprint density at radius 1 is 1.53 bits per heavy atom. The fourth-order valence-corrected chi connectivity index (χ4v) is 2.07. The molecule has 80 valence electrons. The number of ether oxygens (including phenoxy) is 2. The van der Waals surface area contributed by atoms with E-state index in [1.54, 1.807) is 0 Å². The number of hydrogen-bond donors (Lipinski definition) is 0. The van der Waals surface area contributed by atoms with Crippen LogP contribution in [0.15, 0.2) is 37.1 Å². The van der Waals surface area contributed by atoms with Crippen LogP contribution in [0.25, 0.3) is 0 Å². The third-order valence-corrected chi connectivity index (χ3v) is 3.04. The Labute approximate surface area is 90.5 Å². The largest absolute Gasteiger partial charge is 0.465 e. The number of para-hydroxylation sites is 1. The van der Waals surface area contributed by atoms with Gasteiger partial charge >= 0.3 is 0 Å². The Hall–Kier alpha value is -1.28. The van der Waals surface area contributed by atoms with Crippen LogP contribution in [-0.2, 0) is 10.3 Å². The normalized spacial score (nSPS) is 24.3. The van der Waals surface area contributed by atoms with E-state index in [9.17, 15) is 0 Å². The molecule has 0 N–H and O–H groups in total. The van der Waals surface area contributed by atoms with E-state index < -0.39 is 0 Å². The van der Waals surface area contributed by atoms with Crippen molar-refractivity contribution in [2.24, 2.45) is 0 Å². The molecule has 1 saturated heterocycles. The van der Waals surface area contributed by atoms with E-state index in [-0.39, 0.29) is 5.60 Å². The van der Waals surface area contributed by atoms with Gasteiger partial charge in [-0.25, -0.2) is 0 Å². The number of hydrogen-bond acceptors (Lipinski definition) is 2. The molecule has 1 fully saturated rings. The average Bonchev–Trinajstić information content (AvgIpc) is 2.20. The molecule has 0 radical (unpaired) electrons. The van der Waals surface area contributed by atoms with Gasteiger partial charge in [0, 0.05) is 12.0 Å². The monoisotopic (exact) mass is 204 g/mol. The van der Waals surface area contributed by atoms with Gasteiger partial charge in [0.05, 0.1) is 18.5 Å². The molecule has 1 heterocycles. The highest BCUT2D eigenvalue weighted by atomic mass is 16.5. The minimum absolute atomic E-state index is 0.125. The quantitative estimate of drug-likeness (QED) is 0.701. The lowest BCUT2D eigenvalue weighted by Gasteiger charge is -2.42.